The number of carbonyl (C=O) groups excluding carboxylic acids is 1. The molecule has 0 atom stereocenters. The molecule has 2 aliphatic carbocycles. The van der Waals surface area contributed by atoms with E-state index in [2.05, 4.69) is 6.92 Å². The van der Waals surface area contributed by atoms with Crippen LogP contribution < -0.4 is 9.47 Å². The van der Waals surface area contributed by atoms with Crippen LogP contribution in [0.1, 0.15) is 80.6 Å². The summed E-state index contributed by atoms with van der Waals surface area (Å²) in [5.74, 6) is -1.80. The Morgan fingerprint density at radius 2 is 1.42 bits per heavy atom. The van der Waals surface area contributed by atoms with E-state index in [0.29, 0.717) is 12.5 Å². The van der Waals surface area contributed by atoms with Crippen LogP contribution in [-0.2, 0) is 0 Å². The van der Waals surface area contributed by atoms with Gasteiger partial charge in [0.2, 0.25) is 0 Å². The zero-order valence-corrected chi connectivity index (χ0v) is 20.6. The highest BCUT2D eigenvalue weighted by Crippen LogP contribution is 2.42. The maximum atomic E-state index is 14.6. The molecule has 4 nitrogen and oxygen atoms in total. The van der Waals surface area contributed by atoms with Crippen molar-refractivity contribution in [3.05, 3.63) is 58.9 Å². The van der Waals surface area contributed by atoms with Crippen molar-refractivity contribution < 1.29 is 27.4 Å². The molecule has 2 fully saturated rings. The fraction of sp³-hybridized carbons (Fsp3) is 0.517. The molecule has 0 saturated heterocycles. The minimum atomic E-state index is -1.30. The highest BCUT2D eigenvalue weighted by atomic mass is 19.1. The summed E-state index contributed by atoms with van der Waals surface area (Å²) in [5.41, 5.74) is -1.12. The Bertz CT molecular complexity index is 1090. The Hall–Kier alpha value is -3.01. The average Bonchev–Trinajstić information content (AvgIpc) is 2.87. The maximum Gasteiger partial charge on any atom is 0.349 e. The van der Waals surface area contributed by atoms with E-state index in [-0.39, 0.29) is 17.1 Å². The van der Waals surface area contributed by atoms with Crippen molar-refractivity contribution in [2.75, 3.05) is 6.61 Å². The predicted molar refractivity (Wildman–Crippen MR) is 129 cm³/mol. The topological polar surface area (TPSA) is 59.3 Å². The molecule has 2 aliphatic rings. The number of nitrogens with zero attached hydrogens (tertiary/aromatic N) is 1. The summed E-state index contributed by atoms with van der Waals surface area (Å²) in [5, 5.41) is 8.77. The molecule has 7 heteroatoms. The minimum Gasteiger partial charge on any atom is -0.493 e. The lowest BCUT2D eigenvalue weighted by atomic mass is 9.69. The van der Waals surface area contributed by atoms with Gasteiger partial charge in [-0.1, -0.05) is 26.2 Å². The van der Waals surface area contributed by atoms with Crippen LogP contribution in [0.2, 0.25) is 0 Å². The van der Waals surface area contributed by atoms with E-state index in [4.69, 9.17) is 14.7 Å². The van der Waals surface area contributed by atoms with E-state index in [1.807, 2.05) is 0 Å². The van der Waals surface area contributed by atoms with Gasteiger partial charge in [-0.15, -0.1) is 0 Å². The standard InChI is InChI=1S/C29H32F3NO3/c1-2-18-3-7-20(8-4-18)21-9-5-19(6-10-21)17-35-24-14-26(31)28(27(32)15-24)29(34)36-23-12-11-22(16-33)25(30)13-23/h11-15,18-21H,2-10,17H2,1H3. The molecule has 0 radical (unpaired) electrons. The molecule has 0 aromatic heterocycles. The molecular weight excluding hydrogens is 467 g/mol. The van der Waals surface area contributed by atoms with Crippen molar-refractivity contribution in [2.45, 2.75) is 64.7 Å². The van der Waals surface area contributed by atoms with E-state index in [9.17, 15) is 18.0 Å². The number of halogens is 3. The van der Waals surface area contributed by atoms with Crippen LogP contribution in [0.4, 0.5) is 13.2 Å². The van der Waals surface area contributed by atoms with Crippen molar-refractivity contribution in [2.24, 2.45) is 23.7 Å². The molecule has 0 aliphatic heterocycles. The first-order chi connectivity index (χ1) is 17.4. The SMILES string of the molecule is CCC1CCC(C2CCC(COc3cc(F)c(C(=O)Oc4ccc(C#N)c(F)c4)c(F)c3)CC2)CC1. The van der Waals surface area contributed by atoms with Gasteiger partial charge in [0, 0.05) is 18.2 Å². The van der Waals surface area contributed by atoms with Crippen molar-refractivity contribution in [1.82, 2.24) is 0 Å². The second-order valence-corrected chi connectivity index (χ2v) is 10.2. The number of ether oxygens (including phenoxy) is 2. The van der Waals surface area contributed by atoms with Gasteiger partial charge in [-0.3, -0.25) is 0 Å². The first kappa shape index (κ1) is 26.1. The number of rotatable bonds is 7. The van der Waals surface area contributed by atoms with Gasteiger partial charge in [-0.2, -0.15) is 5.26 Å². The van der Waals surface area contributed by atoms with Crippen molar-refractivity contribution in [3.63, 3.8) is 0 Å². The second kappa shape index (κ2) is 11.8. The summed E-state index contributed by atoms with van der Waals surface area (Å²) in [4.78, 5) is 12.3. The molecule has 2 saturated carbocycles. The number of benzene rings is 2. The zero-order chi connectivity index (χ0) is 25.7. The van der Waals surface area contributed by atoms with Gasteiger partial charge in [0.1, 0.15) is 40.6 Å². The summed E-state index contributed by atoms with van der Waals surface area (Å²) in [6.45, 7) is 2.66. The van der Waals surface area contributed by atoms with E-state index < -0.39 is 29.0 Å². The summed E-state index contributed by atoms with van der Waals surface area (Å²) in [6.07, 6.45) is 11.2. The van der Waals surface area contributed by atoms with Gasteiger partial charge in [-0.25, -0.2) is 18.0 Å². The second-order valence-electron chi connectivity index (χ2n) is 10.2. The van der Waals surface area contributed by atoms with Crippen LogP contribution in [0.3, 0.4) is 0 Å². The van der Waals surface area contributed by atoms with Crippen molar-refractivity contribution >= 4 is 5.97 Å². The first-order valence-electron chi connectivity index (χ1n) is 12.9. The summed E-state index contributed by atoms with van der Waals surface area (Å²) in [7, 11) is 0. The number of esters is 1. The number of hydrogen-bond donors (Lipinski definition) is 0. The normalized spacial score (nSPS) is 24.1. The van der Waals surface area contributed by atoms with Crippen LogP contribution in [0.15, 0.2) is 30.3 Å². The van der Waals surface area contributed by atoms with Gasteiger partial charge in [0.15, 0.2) is 0 Å². The molecular formula is C29H32F3NO3. The largest absolute Gasteiger partial charge is 0.493 e. The third-order valence-electron chi connectivity index (χ3n) is 8.00. The molecule has 192 valence electrons. The highest BCUT2D eigenvalue weighted by Gasteiger charge is 2.31. The van der Waals surface area contributed by atoms with Crippen LogP contribution >= 0.6 is 0 Å². The molecule has 0 bridgehead atoms. The summed E-state index contributed by atoms with van der Waals surface area (Å²) >= 11 is 0. The van der Waals surface area contributed by atoms with E-state index in [1.165, 1.54) is 51.0 Å². The lowest BCUT2D eigenvalue weighted by Crippen LogP contribution is -2.27. The number of hydrogen-bond acceptors (Lipinski definition) is 4. The lowest BCUT2D eigenvalue weighted by molar-refractivity contribution is 0.0724. The monoisotopic (exact) mass is 499 g/mol. The highest BCUT2D eigenvalue weighted by molar-refractivity contribution is 5.91. The van der Waals surface area contributed by atoms with Crippen LogP contribution in [0.25, 0.3) is 0 Å². The summed E-state index contributed by atoms with van der Waals surface area (Å²) < 4.78 is 53.5. The molecule has 0 amide bonds. The van der Waals surface area contributed by atoms with Crippen LogP contribution in [-0.4, -0.2) is 12.6 Å². The first-order valence-corrected chi connectivity index (χ1v) is 12.9. The van der Waals surface area contributed by atoms with Gasteiger partial charge in [0.25, 0.3) is 0 Å². The van der Waals surface area contributed by atoms with Crippen LogP contribution in [0.5, 0.6) is 11.5 Å². The van der Waals surface area contributed by atoms with Crippen molar-refractivity contribution in [1.29, 1.82) is 5.26 Å². The Morgan fingerprint density at radius 3 is 1.94 bits per heavy atom. The molecule has 0 unspecified atom stereocenters. The van der Waals surface area contributed by atoms with E-state index in [1.54, 1.807) is 6.07 Å². The molecule has 0 N–H and O–H groups in total. The average molecular weight is 500 g/mol. The molecule has 36 heavy (non-hydrogen) atoms. The van der Waals surface area contributed by atoms with E-state index in [0.717, 1.165) is 54.9 Å². The Kier molecular flexibility index (Phi) is 8.56. The fourth-order valence-corrected chi connectivity index (χ4v) is 5.74. The Balaban J connectivity index is 1.29. The predicted octanol–water partition coefficient (Wildman–Crippen LogP) is 7.60. The van der Waals surface area contributed by atoms with Gasteiger partial charge < -0.3 is 9.47 Å². The lowest BCUT2D eigenvalue weighted by Gasteiger charge is -2.37. The van der Waals surface area contributed by atoms with Gasteiger partial charge >= 0.3 is 5.97 Å². The number of carbonyl (C=O) groups is 1. The van der Waals surface area contributed by atoms with E-state index >= 15 is 0 Å². The molecule has 0 spiro atoms. The number of nitriles is 1. The molecule has 2 aromatic rings. The zero-order valence-electron chi connectivity index (χ0n) is 20.6. The third kappa shape index (κ3) is 6.21. The fourth-order valence-electron chi connectivity index (χ4n) is 5.74. The maximum absolute atomic E-state index is 14.6. The van der Waals surface area contributed by atoms with Crippen molar-refractivity contribution in [3.8, 4) is 17.6 Å². The van der Waals surface area contributed by atoms with Gasteiger partial charge in [0.05, 0.1) is 12.2 Å². The Labute approximate surface area is 210 Å². The smallest absolute Gasteiger partial charge is 0.349 e. The minimum absolute atomic E-state index is 0.0194. The Morgan fingerprint density at radius 1 is 0.861 bits per heavy atom. The summed E-state index contributed by atoms with van der Waals surface area (Å²) in [6, 6.07) is 6.69. The molecule has 4 rings (SSSR count). The third-order valence-corrected chi connectivity index (χ3v) is 8.00. The van der Waals surface area contributed by atoms with Crippen LogP contribution in [0, 0.1) is 52.5 Å². The molecule has 0 heterocycles. The molecule has 2 aromatic carbocycles. The quantitative estimate of drug-likeness (QED) is 0.291. The van der Waals surface area contributed by atoms with Gasteiger partial charge in [-0.05, 0) is 74.3 Å².